The van der Waals surface area contributed by atoms with E-state index in [4.69, 9.17) is 0 Å². The van der Waals surface area contributed by atoms with Gasteiger partial charge >= 0.3 is 0 Å². The van der Waals surface area contributed by atoms with E-state index in [1.165, 1.54) is 5.56 Å². The van der Waals surface area contributed by atoms with Crippen LogP contribution in [-0.4, -0.2) is 25.5 Å². The fraction of sp³-hybridized carbons (Fsp3) is 0.571. The molecule has 1 atom stereocenters. The Hall–Kier alpha value is -0.870. The molecule has 0 bridgehead atoms. The van der Waals surface area contributed by atoms with Gasteiger partial charge in [-0.3, -0.25) is 0 Å². The fourth-order valence-electron chi connectivity index (χ4n) is 2.58. The zero-order chi connectivity index (χ0) is 13.4. The maximum absolute atomic E-state index is 11.9. The molecule has 1 aromatic rings. The standard InChI is InChI=1S/C14H21NO2S/c1-4-11-5-7-12(8-6-11)13-9-18(16,17)10-14(2,3)15-13/h5-8,13,15H,4,9-10H2,1-3H3. The molecule has 0 aliphatic carbocycles. The monoisotopic (exact) mass is 267 g/mol. The Balaban J connectivity index is 2.26. The number of benzene rings is 1. The predicted molar refractivity (Wildman–Crippen MR) is 74.4 cm³/mol. The van der Waals surface area contributed by atoms with Gasteiger partial charge in [0.1, 0.15) is 0 Å². The van der Waals surface area contributed by atoms with Gasteiger partial charge in [-0.2, -0.15) is 0 Å². The topological polar surface area (TPSA) is 46.2 Å². The number of sulfone groups is 1. The van der Waals surface area contributed by atoms with Crippen LogP contribution in [0.5, 0.6) is 0 Å². The molecule has 0 saturated carbocycles. The Morgan fingerprint density at radius 1 is 1.28 bits per heavy atom. The molecule has 2 rings (SSSR count). The van der Waals surface area contributed by atoms with Gasteiger partial charge in [0.2, 0.25) is 0 Å². The summed E-state index contributed by atoms with van der Waals surface area (Å²) in [6.45, 7) is 6.00. The van der Waals surface area contributed by atoms with Gasteiger partial charge in [-0.05, 0) is 31.4 Å². The quantitative estimate of drug-likeness (QED) is 0.892. The average Bonchev–Trinajstić information content (AvgIpc) is 2.25. The molecule has 18 heavy (non-hydrogen) atoms. The second-order valence-corrected chi connectivity index (χ2v) is 7.84. The largest absolute Gasteiger partial charge is 0.303 e. The number of aryl methyl sites for hydroxylation is 1. The maximum Gasteiger partial charge on any atom is 0.153 e. The third-order valence-electron chi connectivity index (χ3n) is 3.36. The van der Waals surface area contributed by atoms with Crippen LogP contribution in [0.15, 0.2) is 24.3 Å². The van der Waals surface area contributed by atoms with E-state index in [1.54, 1.807) is 0 Å². The van der Waals surface area contributed by atoms with Crippen LogP contribution >= 0.6 is 0 Å². The molecule has 0 amide bonds. The molecule has 100 valence electrons. The van der Waals surface area contributed by atoms with E-state index in [0.29, 0.717) is 0 Å². The highest BCUT2D eigenvalue weighted by atomic mass is 32.2. The average molecular weight is 267 g/mol. The maximum atomic E-state index is 11.9. The third-order valence-corrected chi connectivity index (χ3v) is 5.36. The highest BCUT2D eigenvalue weighted by Gasteiger charge is 2.36. The lowest BCUT2D eigenvalue weighted by atomic mass is 10.0. The van der Waals surface area contributed by atoms with Gasteiger partial charge in [-0.25, -0.2) is 8.42 Å². The predicted octanol–water partition coefficient (Wildman–Crippen LogP) is 2.09. The van der Waals surface area contributed by atoms with Crippen molar-refractivity contribution in [2.24, 2.45) is 0 Å². The van der Waals surface area contributed by atoms with E-state index < -0.39 is 9.84 Å². The van der Waals surface area contributed by atoms with Crippen LogP contribution in [0.4, 0.5) is 0 Å². The molecule has 0 radical (unpaired) electrons. The van der Waals surface area contributed by atoms with Crippen molar-refractivity contribution in [3.05, 3.63) is 35.4 Å². The van der Waals surface area contributed by atoms with E-state index in [0.717, 1.165) is 12.0 Å². The Labute approximate surface area is 110 Å². The summed E-state index contributed by atoms with van der Waals surface area (Å²) in [4.78, 5) is 0. The summed E-state index contributed by atoms with van der Waals surface area (Å²) in [5.41, 5.74) is 1.98. The minimum atomic E-state index is -2.97. The first-order valence-electron chi connectivity index (χ1n) is 6.38. The van der Waals surface area contributed by atoms with Crippen molar-refractivity contribution in [3.63, 3.8) is 0 Å². The zero-order valence-corrected chi connectivity index (χ0v) is 12.0. The number of rotatable bonds is 2. The van der Waals surface area contributed by atoms with Crippen LogP contribution in [0.2, 0.25) is 0 Å². The van der Waals surface area contributed by atoms with Crippen molar-refractivity contribution in [3.8, 4) is 0 Å². The zero-order valence-electron chi connectivity index (χ0n) is 11.2. The van der Waals surface area contributed by atoms with Crippen LogP contribution in [-0.2, 0) is 16.3 Å². The van der Waals surface area contributed by atoms with E-state index >= 15 is 0 Å². The lowest BCUT2D eigenvalue weighted by Crippen LogP contribution is -2.54. The van der Waals surface area contributed by atoms with Crippen LogP contribution in [0.1, 0.15) is 37.9 Å². The SMILES string of the molecule is CCc1ccc(C2CS(=O)(=O)CC(C)(C)N2)cc1. The minimum absolute atomic E-state index is 0.0929. The van der Waals surface area contributed by atoms with E-state index in [1.807, 2.05) is 26.0 Å². The Morgan fingerprint density at radius 3 is 2.39 bits per heavy atom. The summed E-state index contributed by atoms with van der Waals surface area (Å²) >= 11 is 0. The van der Waals surface area contributed by atoms with Crippen molar-refractivity contribution in [1.29, 1.82) is 0 Å². The second-order valence-electron chi connectivity index (χ2n) is 5.73. The highest BCUT2D eigenvalue weighted by Crippen LogP contribution is 2.26. The molecule has 1 aliphatic rings. The fourth-order valence-corrected chi connectivity index (χ4v) is 4.67. The Bertz CT molecular complexity index is 517. The van der Waals surface area contributed by atoms with Gasteiger partial charge in [0, 0.05) is 11.6 Å². The van der Waals surface area contributed by atoms with E-state index in [9.17, 15) is 8.42 Å². The highest BCUT2D eigenvalue weighted by molar-refractivity contribution is 7.91. The summed E-state index contributed by atoms with van der Waals surface area (Å²) in [6.07, 6.45) is 1.00. The number of hydrogen-bond donors (Lipinski definition) is 1. The summed E-state index contributed by atoms with van der Waals surface area (Å²) in [6, 6.07) is 8.13. The van der Waals surface area contributed by atoms with E-state index in [-0.39, 0.29) is 23.1 Å². The molecule has 1 aliphatic heterocycles. The molecule has 1 N–H and O–H groups in total. The van der Waals surface area contributed by atoms with Crippen LogP contribution < -0.4 is 5.32 Å². The lowest BCUT2D eigenvalue weighted by molar-refractivity contribution is 0.360. The van der Waals surface area contributed by atoms with Gasteiger partial charge in [0.05, 0.1) is 11.5 Å². The summed E-state index contributed by atoms with van der Waals surface area (Å²) in [7, 11) is -2.97. The van der Waals surface area contributed by atoms with Gasteiger partial charge in [-0.15, -0.1) is 0 Å². The third kappa shape index (κ3) is 3.12. The molecular weight excluding hydrogens is 246 g/mol. The molecule has 0 aromatic heterocycles. The molecule has 0 spiro atoms. The van der Waals surface area contributed by atoms with Crippen molar-refractivity contribution >= 4 is 9.84 Å². The van der Waals surface area contributed by atoms with Crippen molar-refractivity contribution in [2.75, 3.05) is 11.5 Å². The van der Waals surface area contributed by atoms with Crippen LogP contribution in [0, 0.1) is 0 Å². The minimum Gasteiger partial charge on any atom is -0.303 e. The Kier molecular flexibility index (Phi) is 3.52. The molecule has 1 unspecified atom stereocenters. The normalized spacial score (nSPS) is 25.8. The lowest BCUT2D eigenvalue weighted by Gasteiger charge is -2.37. The Morgan fingerprint density at radius 2 is 1.89 bits per heavy atom. The first-order chi connectivity index (χ1) is 8.31. The molecule has 1 aromatic carbocycles. The summed E-state index contributed by atoms with van der Waals surface area (Å²) in [5, 5.41) is 3.42. The molecule has 1 fully saturated rings. The first-order valence-corrected chi connectivity index (χ1v) is 8.20. The van der Waals surface area contributed by atoms with Gasteiger partial charge in [0.25, 0.3) is 0 Å². The molecule has 1 heterocycles. The molecule has 4 heteroatoms. The summed E-state index contributed by atoms with van der Waals surface area (Å²) in [5.74, 6) is 0.408. The number of hydrogen-bond acceptors (Lipinski definition) is 3. The molecular formula is C14H21NO2S. The van der Waals surface area contributed by atoms with Gasteiger partial charge < -0.3 is 5.32 Å². The summed E-state index contributed by atoms with van der Waals surface area (Å²) < 4.78 is 23.9. The van der Waals surface area contributed by atoms with Crippen LogP contribution in [0.3, 0.4) is 0 Å². The molecule has 3 nitrogen and oxygen atoms in total. The smallest absolute Gasteiger partial charge is 0.153 e. The molecule has 1 saturated heterocycles. The second kappa shape index (κ2) is 4.67. The van der Waals surface area contributed by atoms with Crippen molar-refractivity contribution in [1.82, 2.24) is 5.32 Å². The van der Waals surface area contributed by atoms with Gasteiger partial charge in [0.15, 0.2) is 9.84 Å². The van der Waals surface area contributed by atoms with Gasteiger partial charge in [-0.1, -0.05) is 31.2 Å². The first kappa shape index (κ1) is 13.6. The number of nitrogens with one attached hydrogen (secondary N) is 1. The van der Waals surface area contributed by atoms with E-state index in [2.05, 4.69) is 24.4 Å². The van der Waals surface area contributed by atoms with Crippen LogP contribution in [0.25, 0.3) is 0 Å². The van der Waals surface area contributed by atoms with Crippen molar-refractivity contribution < 1.29 is 8.42 Å². The van der Waals surface area contributed by atoms with Crippen molar-refractivity contribution in [2.45, 2.75) is 38.8 Å².